The lowest BCUT2D eigenvalue weighted by molar-refractivity contribution is -0.123. The van der Waals surface area contributed by atoms with E-state index >= 15 is 0 Å². The first-order valence-corrected chi connectivity index (χ1v) is 7.40. The molecule has 0 saturated carbocycles. The number of amides is 1. The van der Waals surface area contributed by atoms with E-state index in [0.717, 1.165) is 27.1 Å². The maximum atomic E-state index is 11.6. The summed E-state index contributed by atoms with van der Waals surface area (Å²) < 4.78 is 0. The molecule has 3 nitrogen and oxygen atoms in total. The first-order chi connectivity index (χ1) is 10.7. The topological polar surface area (TPSA) is 41.5 Å². The van der Waals surface area contributed by atoms with E-state index in [4.69, 9.17) is 0 Å². The number of hydrazone groups is 1. The smallest absolute Gasteiger partial charge is 0.242 e. The summed E-state index contributed by atoms with van der Waals surface area (Å²) >= 11 is 0. The van der Waals surface area contributed by atoms with Crippen LogP contribution in [0.3, 0.4) is 0 Å². The van der Waals surface area contributed by atoms with Gasteiger partial charge in [-0.15, -0.1) is 0 Å². The molecule has 0 fully saturated rings. The second-order valence-electron chi connectivity index (χ2n) is 5.62. The Kier molecular flexibility index (Phi) is 3.88. The van der Waals surface area contributed by atoms with Crippen LogP contribution in [0.15, 0.2) is 59.7 Å². The van der Waals surface area contributed by atoms with Gasteiger partial charge in [-0.3, -0.25) is 4.79 Å². The van der Waals surface area contributed by atoms with Crippen LogP contribution in [0.1, 0.15) is 19.4 Å². The van der Waals surface area contributed by atoms with E-state index in [2.05, 4.69) is 40.9 Å². The van der Waals surface area contributed by atoms with Gasteiger partial charge in [0.15, 0.2) is 0 Å². The quantitative estimate of drug-likeness (QED) is 0.440. The minimum atomic E-state index is -0.0826. The first kappa shape index (κ1) is 14.3. The van der Waals surface area contributed by atoms with Crippen molar-refractivity contribution in [2.75, 3.05) is 0 Å². The van der Waals surface area contributed by atoms with Gasteiger partial charge in [-0.25, -0.2) is 5.43 Å². The SMILES string of the molecule is CC(C)C(=O)N/N=C\c1c2ccccc2cc2ccccc12. The zero-order chi connectivity index (χ0) is 15.5. The Balaban J connectivity index is 2.12. The zero-order valence-corrected chi connectivity index (χ0v) is 12.7. The van der Waals surface area contributed by atoms with Gasteiger partial charge >= 0.3 is 0 Å². The van der Waals surface area contributed by atoms with Gasteiger partial charge in [0.25, 0.3) is 0 Å². The Bertz CT molecular complexity index is 812. The molecule has 0 heterocycles. The second-order valence-corrected chi connectivity index (χ2v) is 5.62. The summed E-state index contributed by atoms with van der Waals surface area (Å²) in [5.41, 5.74) is 3.62. The molecule has 1 N–H and O–H groups in total. The summed E-state index contributed by atoms with van der Waals surface area (Å²) in [6, 6.07) is 18.6. The monoisotopic (exact) mass is 290 g/mol. The molecule has 0 aliphatic rings. The average Bonchev–Trinajstić information content (AvgIpc) is 2.53. The molecular weight excluding hydrogens is 272 g/mol. The molecule has 22 heavy (non-hydrogen) atoms. The summed E-state index contributed by atoms with van der Waals surface area (Å²) in [5, 5.41) is 8.72. The first-order valence-electron chi connectivity index (χ1n) is 7.40. The van der Waals surface area contributed by atoms with Crippen LogP contribution < -0.4 is 5.43 Å². The predicted molar refractivity (Wildman–Crippen MR) is 92.0 cm³/mol. The Morgan fingerprint density at radius 2 is 1.55 bits per heavy atom. The summed E-state index contributed by atoms with van der Waals surface area (Å²) in [5.74, 6) is -0.165. The van der Waals surface area contributed by atoms with Crippen molar-refractivity contribution in [3.05, 3.63) is 60.2 Å². The van der Waals surface area contributed by atoms with Crippen molar-refractivity contribution < 1.29 is 4.79 Å². The number of hydrogen-bond donors (Lipinski definition) is 1. The number of carbonyl (C=O) groups is 1. The molecule has 3 aromatic carbocycles. The number of benzene rings is 3. The lowest BCUT2D eigenvalue weighted by Crippen LogP contribution is -2.22. The Morgan fingerprint density at radius 1 is 1.00 bits per heavy atom. The summed E-state index contributed by atoms with van der Waals surface area (Å²) in [4.78, 5) is 11.6. The van der Waals surface area contributed by atoms with Crippen LogP contribution in [0.5, 0.6) is 0 Å². The summed E-state index contributed by atoms with van der Waals surface area (Å²) in [6.07, 6.45) is 1.74. The fourth-order valence-corrected chi connectivity index (χ4v) is 2.48. The number of carbonyl (C=O) groups excluding carboxylic acids is 1. The van der Waals surface area contributed by atoms with Crippen LogP contribution in [0.25, 0.3) is 21.5 Å². The number of nitrogens with zero attached hydrogens (tertiary/aromatic N) is 1. The Hall–Kier alpha value is -2.68. The van der Waals surface area contributed by atoms with Crippen molar-refractivity contribution in [2.24, 2.45) is 11.0 Å². The minimum absolute atomic E-state index is 0.0820. The lowest BCUT2D eigenvalue weighted by atomic mass is 9.97. The van der Waals surface area contributed by atoms with E-state index in [-0.39, 0.29) is 11.8 Å². The molecule has 1 amide bonds. The van der Waals surface area contributed by atoms with E-state index < -0.39 is 0 Å². The van der Waals surface area contributed by atoms with Crippen LogP contribution in [-0.4, -0.2) is 12.1 Å². The highest BCUT2D eigenvalue weighted by Crippen LogP contribution is 2.27. The summed E-state index contributed by atoms with van der Waals surface area (Å²) in [6.45, 7) is 3.69. The van der Waals surface area contributed by atoms with E-state index in [9.17, 15) is 4.79 Å². The lowest BCUT2D eigenvalue weighted by Gasteiger charge is -2.08. The van der Waals surface area contributed by atoms with Crippen molar-refractivity contribution in [3.8, 4) is 0 Å². The third-order valence-corrected chi connectivity index (χ3v) is 3.71. The standard InChI is InChI=1S/C19H18N2O/c1-13(2)19(22)21-20-12-18-16-9-5-3-7-14(16)11-15-8-4-6-10-17(15)18/h3-13H,1-2H3,(H,21,22)/b20-12-. The molecule has 0 spiro atoms. The number of rotatable bonds is 3. The van der Waals surface area contributed by atoms with Crippen LogP contribution >= 0.6 is 0 Å². The number of hydrogen-bond acceptors (Lipinski definition) is 2. The van der Waals surface area contributed by atoms with Gasteiger partial charge in [0.2, 0.25) is 5.91 Å². The average molecular weight is 290 g/mol. The third kappa shape index (κ3) is 2.70. The maximum Gasteiger partial charge on any atom is 0.242 e. The fraction of sp³-hybridized carbons (Fsp3) is 0.158. The largest absolute Gasteiger partial charge is 0.273 e. The molecule has 0 bridgehead atoms. The van der Waals surface area contributed by atoms with Crippen LogP contribution in [0.4, 0.5) is 0 Å². The minimum Gasteiger partial charge on any atom is -0.273 e. The van der Waals surface area contributed by atoms with Gasteiger partial charge < -0.3 is 0 Å². The van der Waals surface area contributed by atoms with Gasteiger partial charge in [0.1, 0.15) is 0 Å². The molecule has 0 unspecified atom stereocenters. The summed E-state index contributed by atoms with van der Waals surface area (Å²) in [7, 11) is 0. The number of nitrogens with one attached hydrogen (secondary N) is 1. The van der Waals surface area contributed by atoms with Gasteiger partial charge in [-0.05, 0) is 27.6 Å². The zero-order valence-electron chi connectivity index (χ0n) is 12.7. The third-order valence-electron chi connectivity index (χ3n) is 3.71. The molecule has 3 aromatic rings. The highest BCUT2D eigenvalue weighted by molar-refractivity contribution is 6.13. The highest BCUT2D eigenvalue weighted by Gasteiger charge is 2.07. The van der Waals surface area contributed by atoms with Gasteiger partial charge in [-0.1, -0.05) is 62.4 Å². The number of fused-ring (bicyclic) bond motifs is 2. The van der Waals surface area contributed by atoms with E-state index in [1.807, 2.05) is 38.1 Å². The van der Waals surface area contributed by atoms with Gasteiger partial charge in [-0.2, -0.15) is 5.10 Å². The normalized spacial score (nSPS) is 11.6. The van der Waals surface area contributed by atoms with Crippen LogP contribution in [-0.2, 0) is 4.79 Å². The van der Waals surface area contributed by atoms with Crippen molar-refractivity contribution in [3.63, 3.8) is 0 Å². The van der Waals surface area contributed by atoms with E-state index in [1.165, 1.54) is 0 Å². The van der Waals surface area contributed by atoms with Crippen molar-refractivity contribution in [1.82, 2.24) is 5.43 Å². The van der Waals surface area contributed by atoms with Crippen LogP contribution in [0.2, 0.25) is 0 Å². The highest BCUT2D eigenvalue weighted by atomic mass is 16.2. The molecule has 3 rings (SSSR count). The molecule has 0 aliphatic heterocycles. The predicted octanol–water partition coefficient (Wildman–Crippen LogP) is 4.10. The molecular formula is C19H18N2O. The molecule has 0 radical (unpaired) electrons. The van der Waals surface area contributed by atoms with E-state index in [0.29, 0.717) is 0 Å². The molecule has 0 aliphatic carbocycles. The van der Waals surface area contributed by atoms with Crippen molar-refractivity contribution in [2.45, 2.75) is 13.8 Å². The Morgan fingerprint density at radius 3 is 2.09 bits per heavy atom. The van der Waals surface area contributed by atoms with Crippen LogP contribution in [0, 0.1) is 5.92 Å². The molecule has 0 saturated heterocycles. The molecule has 0 aromatic heterocycles. The second kappa shape index (κ2) is 5.98. The van der Waals surface area contributed by atoms with Gasteiger partial charge in [0, 0.05) is 11.5 Å². The Labute approximate surface area is 129 Å². The molecule has 0 atom stereocenters. The fourth-order valence-electron chi connectivity index (χ4n) is 2.48. The maximum absolute atomic E-state index is 11.6. The van der Waals surface area contributed by atoms with E-state index in [1.54, 1.807) is 6.21 Å². The van der Waals surface area contributed by atoms with Crippen molar-refractivity contribution in [1.29, 1.82) is 0 Å². The molecule has 3 heteroatoms. The van der Waals surface area contributed by atoms with Gasteiger partial charge in [0.05, 0.1) is 6.21 Å². The molecule has 110 valence electrons. The van der Waals surface area contributed by atoms with Crippen molar-refractivity contribution >= 4 is 33.7 Å².